The molecule has 3 rings (SSSR count). The van der Waals surface area contributed by atoms with Crippen molar-refractivity contribution in [1.82, 2.24) is 0 Å². The Kier molecular flexibility index (Phi) is 7.17. The van der Waals surface area contributed by atoms with Crippen molar-refractivity contribution in [3.05, 3.63) is 82.9 Å². The molecule has 0 aliphatic rings. The molecule has 2 amide bonds. The lowest BCUT2D eigenvalue weighted by Gasteiger charge is -2.12. The Labute approximate surface area is 191 Å². The Balaban J connectivity index is 1.62. The predicted molar refractivity (Wildman–Crippen MR) is 124 cm³/mol. The predicted octanol–water partition coefficient (Wildman–Crippen LogP) is 4.32. The van der Waals surface area contributed by atoms with Crippen molar-refractivity contribution < 1.29 is 22.7 Å². The topological polar surface area (TPSA) is 102 Å². The van der Waals surface area contributed by atoms with Gasteiger partial charge >= 0.3 is 0 Å². The molecule has 2 N–H and O–H groups in total. The van der Waals surface area contributed by atoms with E-state index in [4.69, 9.17) is 16.3 Å². The van der Waals surface area contributed by atoms with Crippen LogP contribution in [0.15, 0.2) is 71.6 Å². The third-order valence-corrected chi connectivity index (χ3v) is 5.79. The van der Waals surface area contributed by atoms with Crippen LogP contribution in [0.5, 0.6) is 5.75 Å². The van der Waals surface area contributed by atoms with Gasteiger partial charge in [-0.1, -0.05) is 23.7 Å². The van der Waals surface area contributed by atoms with Crippen LogP contribution in [-0.2, 0) is 14.6 Å². The molecule has 0 aromatic heterocycles. The van der Waals surface area contributed by atoms with Crippen LogP contribution in [0.4, 0.5) is 11.4 Å². The summed E-state index contributed by atoms with van der Waals surface area (Å²) in [5.41, 5.74) is 2.02. The van der Waals surface area contributed by atoms with Crippen molar-refractivity contribution in [3.8, 4) is 5.75 Å². The monoisotopic (exact) mass is 472 g/mol. The molecule has 0 saturated heterocycles. The van der Waals surface area contributed by atoms with Crippen LogP contribution >= 0.6 is 11.6 Å². The average molecular weight is 473 g/mol. The normalized spacial score (nSPS) is 11.0. The van der Waals surface area contributed by atoms with E-state index in [1.54, 1.807) is 49.4 Å². The van der Waals surface area contributed by atoms with E-state index in [9.17, 15) is 18.0 Å². The molecule has 0 aliphatic heterocycles. The highest BCUT2D eigenvalue weighted by atomic mass is 35.5. The first-order valence-electron chi connectivity index (χ1n) is 9.52. The van der Waals surface area contributed by atoms with Crippen molar-refractivity contribution in [1.29, 1.82) is 0 Å². The number of anilines is 2. The first kappa shape index (κ1) is 23.3. The lowest BCUT2D eigenvalue weighted by Crippen LogP contribution is -2.20. The van der Waals surface area contributed by atoms with E-state index >= 15 is 0 Å². The highest BCUT2D eigenvalue weighted by Gasteiger charge is 2.13. The smallest absolute Gasteiger partial charge is 0.262 e. The third kappa shape index (κ3) is 6.32. The molecule has 3 aromatic carbocycles. The molecule has 0 spiro atoms. The molecule has 0 aliphatic carbocycles. The minimum absolute atomic E-state index is 0.0694. The molecule has 0 fully saturated rings. The summed E-state index contributed by atoms with van der Waals surface area (Å²) in [6.07, 6.45) is 1.08. The molecule has 32 heavy (non-hydrogen) atoms. The summed E-state index contributed by atoms with van der Waals surface area (Å²) in [4.78, 5) is 24.8. The Morgan fingerprint density at radius 1 is 0.969 bits per heavy atom. The second kappa shape index (κ2) is 9.84. The van der Waals surface area contributed by atoms with Crippen molar-refractivity contribution in [2.75, 3.05) is 23.5 Å². The number of ether oxygens (including phenoxy) is 1. The van der Waals surface area contributed by atoms with Gasteiger partial charge in [0.2, 0.25) is 0 Å². The van der Waals surface area contributed by atoms with Crippen LogP contribution in [0.2, 0.25) is 5.02 Å². The Bertz CT molecular complexity index is 1270. The van der Waals surface area contributed by atoms with Crippen molar-refractivity contribution in [2.45, 2.75) is 11.8 Å². The van der Waals surface area contributed by atoms with Crippen molar-refractivity contribution in [2.24, 2.45) is 0 Å². The van der Waals surface area contributed by atoms with Gasteiger partial charge in [0.1, 0.15) is 5.75 Å². The van der Waals surface area contributed by atoms with Gasteiger partial charge in [0.15, 0.2) is 16.4 Å². The summed E-state index contributed by atoms with van der Waals surface area (Å²) in [6.45, 7) is 1.59. The number of benzene rings is 3. The molecule has 7 nitrogen and oxygen atoms in total. The largest absolute Gasteiger partial charge is 0.484 e. The summed E-state index contributed by atoms with van der Waals surface area (Å²) < 4.78 is 28.8. The first-order chi connectivity index (χ1) is 15.1. The average Bonchev–Trinajstić information content (AvgIpc) is 2.74. The van der Waals surface area contributed by atoms with Gasteiger partial charge in [-0.2, -0.15) is 0 Å². The molecule has 0 atom stereocenters. The molecule has 0 radical (unpaired) electrons. The molecule has 3 aromatic rings. The van der Waals surface area contributed by atoms with E-state index in [0.717, 1.165) is 6.26 Å². The minimum Gasteiger partial charge on any atom is -0.484 e. The van der Waals surface area contributed by atoms with Crippen LogP contribution in [-0.4, -0.2) is 33.1 Å². The number of hydrogen-bond acceptors (Lipinski definition) is 5. The fourth-order valence-corrected chi connectivity index (χ4v) is 3.69. The molecular weight excluding hydrogens is 452 g/mol. The third-order valence-electron chi connectivity index (χ3n) is 4.45. The van der Waals surface area contributed by atoms with Crippen molar-refractivity contribution >= 4 is 44.6 Å². The lowest BCUT2D eigenvalue weighted by atomic mass is 10.1. The van der Waals surface area contributed by atoms with Crippen LogP contribution in [0.3, 0.4) is 0 Å². The van der Waals surface area contributed by atoms with E-state index in [1.807, 2.05) is 0 Å². The highest BCUT2D eigenvalue weighted by molar-refractivity contribution is 7.90. The van der Waals surface area contributed by atoms with E-state index in [2.05, 4.69) is 10.6 Å². The maximum atomic E-state index is 12.6. The van der Waals surface area contributed by atoms with Gasteiger partial charge in [-0.15, -0.1) is 0 Å². The number of aryl methyl sites for hydroxylation is 1. The number of rotatable bonds is 7. The summed E-state index contributed by atoms with van der Waals surface area (Å²) in [7, 11) is -3.42. The lowest BCUT2D eigenvalue weighted by molar-refractivity contribution is -0.118. The number of halogens is 1. The van der Waals surface area contributed by atoms with Gasteiger partial charge in [0.25, 0.3) is 11.8 Å². The maximum absolute atomic E-state index is 12.6. The molecule has 9 heteroatoms. The fourth-order valence-electron chi connectivity index (χ4n) is 2.85. The summed E-state index contributed by atoms with van der Waals surface area (Å²) in [6, 6.07) is 17.6. The second-order valence-corrected chi connectivity index (χ2v) is 9.53. The number of amides is 2. The van der Waals surface area contributed by atoms with Gasteiger partial charge in [-0.05, 0) is 67.1 Å². The van der Waals surface area contributed by atoms with Crippen LogP contribution < -0.4 is 15.4 Å². The second-order valence-electron chi connectivity index (χ2n) is 7.08. The number of nitrogens with one attached hydrogen (secondary N) is 2. The zero-order valence-corrected chi connectivity index (χ0v) is 19.0. The maximum Gasteiger partial charge on any atom is 0.262 e. The molecule has 0 unspecified atom stereocenters. The van der Waals surface area contributed by atoms with Crippen LogP contribution in [0, 0.1) is 6.92 Å². The van der Waals surface area contributed by atoms with Gasteiger partial charge in [-0.25, -0.2) is 8.42 Å². The zero-order valence-electron chi connectivity index (χ0n) is 17.4. The first-order valence-corrected chi connectivity index (χ1v) is 11.8. The molecule has 0 saturated carbocycles. The zero-order chi connectivity index (χ0) is 23.3. The standard InChI is InChI=1S/C23H21ClN2O5S/c1-15-11-18(25-22(27)14-31-19-7-4-6-17(24)13-19)9-10-21(15)26-23(28)16-5-3-8-20(12-16)32(2,29)30/h3-13H,14H2,1-2H3,(H,25,27)(H,26,28). The Morgan fingerprint density at radius 2 is 1.72 bits per heavy atom. The number of sulfone groups is 1. The SMILES string of the molecule is Cc1cc(NC(=O)COc2cccc(Cl)c2)ccc1NC(=O)c1cccc(S(C)(=O)=O)c1. The number of hydrogen-bond donors (Lipinski definition) is 2. The van der Waals surface area contributed by atoms with Gasteiger partial charge in [-0.3, -0.25) is 9.59 Å². The van der Waals surface area contributed by atoms with Crippen LogP contribution in [0.1, 0.15) is 15.9 Å². The van der Waals surface area contributed by atoms with Crippen molar-refractivity contribution in [3.63, 3.8) is 0 Å². The van der Waals surface area contributed by atoms with E-state index in [1.165, 1.54) is 24.3 Å². The summed E-state index contributed by atoms with van der Waals surface area (Å²) >= 11 is 5.89. The summed E-state index contributed by atoms with van der Waals surface area (Å²) in [5, 5.41) is 5.99. The Hall–Kier alpha value is -3.36. The molecule has 0 heterocycles. The van der Waals surface area contributed by atoms with Gasteiger partial charge < -0.3 is 15.4 Å². The molecular formula is C23H21ClN2O5S. The fraction of sp³-hybridized carbons (Fsp3) is 0.130. The summed E-state index contributed by atoms with van der Waals surface area (Å²) in [5.74, 6) is -0.300. The van der Waals surface area contributed by atoms with E-state index in [-0.39, 0.29) is 23.0 Å². The minimum atomic E-state index is -3.42. The van der Waals surface area contributed by atoms with Gasteiger partial charge in [0, 0.05) is 28.2 Å². The van der Waals surface area contributed by atoms with E-state index < -0.39 is 15.7 Å². The Morgan fingerprint density at radius 3 is 2.41 bits per heavy atom. The molecule has 0 bridgehead atoms. The molecule has 166 valence electrons. The number of carbonyl (C=O) groups excluding carboxylic acids is 2. The van der Waals surface area contributed by atoms with Gasteiger partial charge in [0.05, 0.1) is 4.90 Å². The highest BCUT2D eigenvalue weighted by Crippen LogP contribution is 2.22. The van der Waals surface area contributed by atoms with Crippen LogP contribution in [0.25, 0.3) is 0 Å². The van der Waals surface area contributed by atoms with E-state index in [0.29, 0.717) is 27.7 Å². The quantitative estimate of drug-likeness (QED) is 0.533. The number of carbonyl (C=O) groups is 2.